The molecule has 5 rings (SSSR count). The molecule has 1 aliphatic rings. The van der Waals surface area contributed by atoms with Crippen LogP contribution < -0.4 is 10.0 Å². The van der Waals surface area contributed by atoms with Crippen LogP contribution in [-0.2, 0) is 16.2 Å². The molecule has 2 heterocycles. The Morgan fingerprint density at radius 3 is 2.44 bits per heavy atom. The summed E-state index contributed by atoms with van der Waals surface area (Å²) < 4.78 is 81.6. The van der Waals surface area contributed by atoms with Gasteiger partial charge in [-0.3, -0.25) is 9.36 Å². The molecule has 36 heavy (non-hydrogen) atoms. The summed E-state index contributed by atoms with van der Waals surface area (Å²) in [5.74, 6) is -3.03. The third kappa shape index (κ3) is 4.71. The number of nitrogens with one attached hydrogen (secondary N) is 2. The van der Waals surface area contributed by atoms with Crippen LogP contribution in [0.2, 0.25) is 0 Å². The number of aromatic nitrogens is 4. The van der Waals surface area contributed by atoms with Crippen LogP contribution in [-0.4, -0.2) is 39.9 Å². The van der Waals surface area contributed by atoms with E-state index in [1.807, 2.05) is 4.72 Å². The van der Waals surface area contributed by atoms with E-state index in [0.717, 1.165) is 37.1 Å². The van der Waals surface area contributed by atoms with Gasteiger partial charge in [0.15, 0.2) is 17.0 Å². The fraction of sp³-hybridized carbons (Fsp3) is 0.182. The number of fused-ring (bicyclic) bond motifs is 1. The van der Waals surface area contributed by atoms with Crippen LogP contribution in [0.3, 0.4) is 0 Å². The number of rotatable bonds is 6. The molecule has 0 atom stereocenters. The van der Waals surface area contributed by atoms with Crippen molar-refractivity contribution in [3.8, 4) is 5.69 Å². The number of imidazole rings is 1. The molecule has 0 unspecified atom stereocenters. The van der Waals surface area contributed by atoms with Gasteiger partial charge >= 0.3 is 6.18 Å². The second-order valence-corrected chi connectivity index (χ2v) is 9.72. The maximum absolute atomic E-state index is 13.5. The molecule has 2 aromatic heterocycles. The fourth-order valence-electron chi connectivity index (χ4n) is 3.39. The molecule has 9 nitrogen and oxygen atoms in total. The minimum atomic E-state index is -4.81. The molecule has 1 amide bonds. The minimum Gasteiger partial charge on any atom is -0.365 e. The molecule has 2 N–H and O–H groups in total. The monoisotopic (exact) mass is 520 g/mol. The van der Waals surface area contributed by atoms with E-state index in [0.29, 0.717) is 0 Å². The fourth-order valence-corrected chi connectivity index (χ4v) is 4.36. The first-order chi connectivity index (χ1) is 17.0. The first-order valence-electron chi connectivity index (χ1n) is 10.5. The summed E-state index contributed by atoms with van der Waals surface area (Å²) in [6.07, 6.45) is -1.97. The van der Waals surface area contributed by atoms with E-state index >= 15 is 0 Å². The summed E-state index contributed by atoms with van der Waals surface area (Å²) in [5, 5.41) is 2.93. The van der Waals surface area contributed by atoms with Crippen LogP contribution in [0.15, 0.2) is 59.8 Å². The lowest BCUT2D eigenvalue weighted by molar-refractivity contribution is -0.144. The lowest BCUT2D eigenvalue weighted by Gasteiger charge is -2.11. The van der Waals surface area contributed by atoms with Gasteiger partial charge in [-0.2, -0.15) is 13.2 Å². The summed E-state index contributed by atoms with van der Waals surface area (Å²) in [7, 11) is -4.30. The van der Waals surface area contributed by atoms with Crippen molar-refractivity contribution in [2.45, 2.75) is 30.0 Å². The predicted molar refractivity (Wildman–Crippen MR) is 119 cm³/mol. The molecule has 186 valence electrons. The lowest BCUT2D eigenvalue weighted by Crippen LogP contribution is -2.30. The van der Waals surface area contributed by atoms with Crippen LogP contribution in [0.1, 0.15) is 29.0 Å². The van der Waals surface area contributed by atoms with Crippen molar-refractivity contribution in [3.05, 3.63) is 72.1 Å². The average Bonchev–Trinajstić information content (AvgIpc) is 3.53. The molecular weight excluding hydrogens is 504 g/mol. The van der Waals surface area contributed by atoms with Crippen LogP contribution in [0.4, 0.5) is 23.4 Å². The first-order valence-corrected chi connectivity index (χ1v) is 12.0. The zero-order valence-electron chi connectivity index (χ0n) is 18.1. The molecule has 4 aromatic rings. The van der Waals surface area contributed by atoms with E-state index in [1.165, 1.54) is 35.2 Å². The number of anilines is 1. The van der Waals surface area contributed by atoms with Gasteiger partial charge in [-0.05, 0) is 55.3 Å². The summed E-state index contributed by atoms with van der Waals surface area (Å²) in [6.45, 7) is 0. The zero-order valence-corrected chi connectivity index (χ0v) is 18.9. The van der Waals surface area contributed by atoms with Crippen molar-refractivity contribution in [1.82, 2.24) is 24.2 Å². The van der Waals surface area contributed by atoms with Crippen molar-refractivity contribution >= 4 is 32.9 Å². The van der Waals surface area contributed by atoms with Gasteiger partial charge in [0.25, 0.3) is 15.9 Å². The quantitative estimate of drug-likeness (QED) is 0.373. The Kier molecular flexibility index (Phi) is 5.62. The third-order valence-electron chi connectivity index (χ3n) is 5.31. The number of nitrogens with zero attached hydrogens (tertiary/aromatic N) is 4. The Bertz CT molecular complexity index is 1580. The highest BCUT2D eigenvalue weighted by molar-refractivity contribution is 7.90. The highest BCUT2D eigenvalue weighted by atomic mass is 32.2. The maximum atomic E-state index is 13.5. The minimum absolute atomic E-state index is 0.00409. The first kappa shape index (κ1) is 23.7. The summed E-state index contributed by atoms with van der Waals surface area (Å²) >= 11 is 0. The topological polar surface area (TPSA) is 119 Å². The van der Waals surface area contributed by atoms with E-state index in [1.54, 1.807) is 0 Å². The van der Waals surface area contributed by atoms with Crippen molar-refractivity contribution in [1.29, 1.82) is 0 Å². The van der Waals surface area contributed by atoms with Crippen LogP contribution in [0, 0.1) is 5.82 Å². The second-order valence-electron chi connectivity index (χ2n) is 8.04. The Labute approximate surface area is 201 Å². The highest BCUT2D eigenvalue weighted by Crippen LogP contribution is 2.33. The zero-order chi connectivity index (χ0) is 25.7. The van der Waals surface area contributed by atoms with E-state index in [9.17, 15) is 30.8 Å². The molecule has 2 aromatic carbocycles. The Hall–Kier alpha value is -4.07. The average molecular weight is 520 g/mol. The standard InChI is InChI=1S/C22H16F4N6O3S/c23-13-4-8-16(9-5-13)36(34,35)31-20(33)12-2-1-3-15(10-12)32-11-27-17-18(28-14-6-7-14)29-21(22(24,25)26)30-19(17)32/h1-5,8-11,14H,6-7H2,(H,31,33)(H,28,29,30). The van der Waals surface area contributed by atoms with E-state index < -0.39 is 33.7 Å². The molecule has 0 bridgehead atoms. The predicted octanol–water partition coefficient (Wildman–Crippen LogP) is 3.67. The van der Waals surface area contributed by atoms with Crippen molar-refractivity contribution in [2.75, 3.05) is 5.32 Å². The van der Waals surface area contributed by atoms with Gasteiger partial charge < -0.3 is 5.32 Å². The number of hydrogen-bond donors (Lipinski definition) is 2. The van der Waals surface area contributed by atoms with Gasteiger partial charge in [0, 0.05) is 17.3 Å². The molecule has 1 aliphatic carbocycles. The van der Waals surface area contributed by atoms with Crippen molar-refractivity contribution in [2.24, 2.45) is 0 Å². The third-order valence-corrected chi connectivity index (χ3v) is 6.65. The van der Waals surface area contributed by atoms with E-state index in [-0.39, 0.29) is 39.2 Å². The summed E-state index contributed by atoms with van der Waals surface area (Å²) in [5.41, 5.74) is 0.0932. The number of benzene rings is 2. The molecular formula is C22H16F4N6O3S. The molecule has 0 radical (unpaired) electrons. The Morgan fingerprint density at radius 1 is 1.06 bits per heavy atom. The Balaban J connectivity index is 1.50. The lowest BCUT2D eigenvalue weighted by atomic mass is 10.2. The van der Waals surface area contributed by atoms with Gasteiger partial charge in [-0.25, -0.2) is 32.5 Å². The number of halogens is 4. The molecule has 0 spiro atoms. The molecule has 0 saturated heterocycles. The normalized spacial score (nSPS) is 14.1. The maximum Gasteiger partial charge on any atom is 0.451 e. The molecule has 1 saturated carbocycles. The number of amides is 1. The van der Waals surface area contributed by atoms with Gasteiger partial charge in [-0.15, -0.1) is 0 Å². The van der Waals surface area contributed by atoms with Crippen LogP contribution in [0.5, 0.6) is 0 Å². The van der Waals surface area contributed by atoms with Crippen LogP contribution >= 0.6 is 0 Å². The largest absolute Gasteiger partial charge is 0.451 e. The smallest absolute Gasteiger partial charge is 0.365 e. The number of alkyl halides is 3. The molecule has 1 fully saturated rings. The second kappa shape index (κ2) is 8.55. The molecule has 0 aliphatic heterocycles. The van der Waals surface area contributed by atoms with E-state index in [4.69, 9.17) is 0 Å². The highest BCUT2D eigenvalue weighted by Gasteiger charge is 2.37. The van der Waals surface area contributed by atoms with Crippen molar-refractivity contribution < 1.29 is 30.8 Å². The number of sulfonamides is 1. The summed E-state index contributed by atoms with van der Waals surface area (Å²) in [6, 6.07) is 9.42. The van der Waals surface area contributed by atoms with E-state index in [2.05, 4.69) is 20.3 Å². The SMILES string of the molecule is O=C(NS(=O)(=O)c1ccc(F)cc1)c1cccc(-n2cnc3c(NC4CC4)nc(C(F)(F)F)nc32)c1. The summed E-state index contributed by atoms with van der Waals surface area (Å²) in [4.78, 5) is 23.8. The Morgan fingerprint density at radius 2 is 1.78 bits per heavy atom. The van der Waals surface area contributed by atoms with Gasteiger partial charge in [0.05, 0.1) is 4.90 Å². The molecule has 14 heteroatoms. The number of hydrogen-bond acceptors (Lipinski definition) is 7. The number of carbonyl (C=O) groups is 1. The number of carbonyl (C=O) groups excluding carboxylic acids is 1. The van der Waals surface area contributed by atoms with Gasteiger partial charge in [0.1, 0.15) is 12.1 Å². The van der Waals surface area contributed by atoms with Gasteiger partial charge in [-0.1, -0.05) is 6.07 Å². The van der Waals surface area contributed by atoms with Gasteiger partial charge in [0.2, 0.25) is 5.82 Å². The van der Waals surface area contributed by atoms with Crippen LogP contribution in [0.25, 0.3) is 16.9 Å². The van der Waals surface area contributed by atoms with Crippen molar-refractivity contribution in [3.63, 3.8) is 0 Å².